The van der Waals surface area contributed by atoms with Crippen LogP contribution in [0.1, 0.15) is 22.3 Å². The summed E-state index contributed by atoms with van der Waals surface area (Å²) in [6.45, 7) is -0.244. The summed E-state index contributed by atoms with van der Waals surface area (Å²) in [5, 5.41) is 13.2. The fourth-order valence-corrected chi connectivity index (χ4v) is 3.33. The van der Waals surface area contributed by atoms with Gasteiger partial charge in [0.1, 0.15) is 12.4 Å². The van der Waals surface area contributed by atoms with Gasteiger partial charge in [-0.1, -0.05) is 24.3 Å². The Hall–Kier alpha value is -4.45. The minimum absolute atomic E-state index is 0.0123. The van der Waals surface area contributed by atoms with Gasteiger partial charge in [0, 0.05) is 36.7 Å². The lowest BCUT2D eigenvalue weighted by Crippen LogP contribution is -2.20. The molecule has 2 aromatic carbocycles. The highest BCUT2D eigenvalue weighted by atomic mass is 19.4. The second-order valence-electron chi connectivity index (χ2n) is 7.63. The fraction of sp³-hybridized carbons (Fsp3) is 0.200. The van der Waals surface area contributed by atoms with Crippen molar-refractivity contribution in [3.8, 4) is 16.9 Å². The van der Waals surface area contributed by atoms with Crippen molar-refractivity contribution in [3.63, 3.8) is 0 Å². The van der Waals surface area contributed by atoms with E-state index in [0.29, 0.717) is 11.6 Å². The fourth-order valence-electron chi connectivity index (χ4n) is 3.33. The van der Waals surface area contributed by atoms with Crippen molar-refractivity contribution in [3.05, 3.63) is 72.1 Å². The van der Waals surface area contributed by atoms with Crippen LogP contribution >= 0.6 is 0 Å². The maximum absolute atomic E-state index is 13.7. The number of aromatic nitrogens is 1. The van der Waals surface area contributed by atoms with Gasteiger partial charge < -0.3 is 19.9 Å². The molecule has 0 atom stereocenters. The van der Waals surface area contributed by atoms with Gasteiger partial charge in [-0.3, -0.25) is 19.9 Å². The molecular weight excluding hydrogens is 495 g/mol. The van der Waals surface area contributed by atoms with Crippen LogP contribution in [-0.2, 0) is 15.7 Å². The van der Waals surface area contributed by atoms with Crippen molar-refractivity contribution in [2.45, 2.75) is 12.6 Å². The van der Waals surface area contributed by atoms with Crippen LogP contribution < -0.4 is 15.4 Å². The number of halogens is 3. The van der Waals surface area contributed by atoms with E-state index in [-0.39, 0.29) is 24.5 Å². The lowest BCUT2D eigenvalue weighted by atomic mass is 10.0. The number of carboxylic acid groups (broad SMARTS) is 1. The van der Waals surface area contributed by atoms with Crippen molar-refractivity contribution in [2.24, 2.45) is 0 Å². The van der Waals surface area contributed by atoms with Crippen molar-refractivity contribution in [1.29, 1.82) is 0 Å². The van der Waals surface area contributed by atoms with E-state index in [9.17, 15) is 27.6 Å². The van der Waals surface area contributed by atoms with Crippen molar-refractivity contribution in [1.82, 2.24) is 4.98 Å². The van der Waals surface area contributed by atoms with Gasteiger partial charge in [-0.25, -0.2) is 4.79 Å². The molecule has 0 aliphatic heterocycles. The van der Waals surface area contributed by atoms with Crippen LogP contribution in [0.2, 0.25) is 0 Å². The second kappa shape index (κ2) is 12.0. The minimum Gasteiger partial charge on any atom is -0.490 e. The van der Waals surface area contributed by atoms with Crippen molar-refractivity contribution < 1.29 is 42.1 Å². The first-order valence-corrected chi connectivity index (χ1v) is 10.8. The molecule has 3 aromatic rings. The third-order valence-corrected chi connectivity index (χ3v) is 4.99. The van der Waals surface area contributed by atoms with Crippen molar-refractivity contribution >= 4 is 29.2 Å². The molecule has 2 amide bonds. The smallest absolute Gasteiger partial charge is 0.420 e. The summed E-state index contributed by atoms with van der Waals surface area (Å²) in [5.41, 5.74) is -0.462. The van der Waals surface area contributed by atoms with Crippen LogP contribution in [0.5, 0.6) is 5.75 Å². The van der Waals surface area contributed by atoms with E-state index in [1.165, 1.54) is 13.2 Å². The Kier molecular flexibility index (Phi) is 8.80. The van der Waals surface area contributed by atoms with E-state index in [4.69, 9.17) is 14.6 Å². The number of alkyl halides is 3. The molecule has 0 saturated carbocycles. The zero-order valence-corrected chi connectivity index (χ0v) is 19.5. The first-order valence-electron chi connectivity index (χ1n) is 10.8. The van der Waals surface area contributed by atoms with E-state index in [1.807, 2.05) is 5.32 Å². The number of pyridine rings is 1. The van der Waals surface area contributed by atoms with E-state index in [2.05, 4.69) is 10.3 Å². The van der Waals surface area contributed by atoms with E-state index >= 15 is 0 Å². The number of Topliss-reactive ketones (excluding diaryl/α,β-unsaturated/α-hetero) is 1. The minimum atomic E-state index is -4.88. The summed E-state index contributed by atoms with van der Waals surface area (Å²) in [5.74, 6) is -2.19. The van der Waals surface area contributed by atoms with Crippen LogP contribution in [0, 0.1) is 0 Å². The number of ether oxygens (including phenoxy) is 2. The molecule has 0 unspecified atom stereocenters. The standard InChI is InChI=1S/C25H22F3N3O6/c1-36-8-9-37-22-12-20(31-24(34)35)19(11-18(22)25(26,27)28)30-23(33)13-21(32)16-5-2-4-15(10-16)17-6-3-7-29-14-17/h2-7,10-12,14,31H,8-9,13H2,1H3,(H,30,33)(H,34,35). The third kappa shape index (κ3) is 7.51. The lowest BCUT2D eigenvalue weighted by Gasteiger charge is -2.19. The van der Waals surface area contributed by atoms with E-state index in [1.54, 1.807) is 42.7 Å². The second-order valence-corrected chi connectivity index (χ2v) is 7.63. The number of amides is 2. The number of nitrogens with zero attached hydrogens (tertiary/aromatic N) is 1. The number of anilines is 2. The molecule has 0 aliphatic rings. The molecule has 3 rings (SSSR count). The summed E-state index contributed by atoms with van der Waals surface area (Å²) >= 11 is 0. The van der Waals surface area contributed by atoms with Crippen LogP contribution in [-0.4, -0.2) is 48.2 Å². The molecule has 1 aromatic heterocycles. The summed E-state index contributed by atoms with van der Waals surface area (Å²) in [7, 11) is 1.33. The number of rotatable bonds is 10. The molecule has 0 saturated heterocycles. The summed E-state index contributed by atoms with van der Waals surface area (Å²) in [6, 6.07) is 11.3. The number of hydrogen-bond donors (Lipinski definition) is 3. The summed E-state index contributed by atoms with van der Waals surface area (Å²) in [6.07, 6.45) is -3.96. The monoisotopic (exact) mass is 517 g/mol. The van der Waals surface area contributed by atoms with Gasteiger partial charge in [-0.05, 0) is 23.8 Å². The molecular formula is C25H22F3N3O6. The van der Waals surface area contributed by atoms with Crippen LogP contribution in [0.4, 0.5) is 29.3 Å². The van der Waals surface area contributed by atoms with Crippen LogP contribution in [0.15, 0.2) is 60.9 Å². The molecule has 0 fully saturated rings. The zero-order chi connectivity index (χ0) is 27.0. The van der Waals surface area contributed by atoms with E-state index < -0.39 is 47.4 Å². The predicted octanol–water partition coefficient (Wildman–Crippen LogP) is 5.09. The number of methoxy groups -OCH3 is 1. The molecule has 0 radical (unpaired) electrons. The van der Waals surface area contributed by atoms with Crippen LogP contribution in [0.3, 0.4) is 0 Å². The molecule has 0 aliphatic carbocycles. The van der Waals surface area contributed by atoms with Crippen molar-refractivity contribution in [2.75, 3.05) is 31.0 Å². The zero-order valence-electron chi connectivity index (χ0n) is 19.5. The molecule has 1 heterocycles. The molecule has 9 nitrogen and oxygen atoms in total. The summed E-state index contributed by atoms with van der Waals surface area (Å²) in [4.78, 5) is 40.5. The Morgan fingerprint density at radius 1 is 0.973 bits per heavy atom. The Morgan fingerprint density at radius 3 is 2.35 bits per heavy atom. The van der Waals surface area contributed by atoms with Gasteiger partial charge in [0.15, 0.2) is 5.78 Å². The molecule has 0 spiro atoms. The SMILES string of the molecule is COCCOc1cc(NC(=O)O)c(NC(=O)CC(=O)c2cccc(-c3cccnc3)c2)cc1C(F)(F)F. The number of carbonyl (C=O) groups is 3. The molecule has 194 valence electrons. The average Bonchev–Trinajstić information content (AvgIpc) is 2.85. The number of benzene rings is 2. The quantitative estimate of drug-likeness (QED) is 0.194. The van der Waals surface area contributed by atoms with Gasteiger partial charge in [0.05, 0.1) is 30.0 Å². The number of nitrogens with one attached hydrogen (secondary N) is 2. The van der Waals surface area contributed by atoms with Gasteiger partial charge in [0.25, 0.3) is 0 Å². The number of hydrogen-bond acceptors (Lipinski definition) is 6. The largest absolute Gasteiger partial charge is 0.490 e. The highest BCUT2D eigenvalue weighted by Crippen LogP contribution is 2.41. The Bertz CT molecular complexity index is 1280. The topological polar surface area (TPSA) is 127 Å². The highest BCUT2D eigenvalue weighted by molar-refractivity contribution is 6.12. The Labute approximate surface area is 209 Å². The van der Waals surface area contributed by atoms with Gasteiger partial charge >= 0.3 is 12.3 Å². The maximum Gasteiger partial charge on any atom is 0.420 e. The number of ketones is 1. The third-order valence-electron chi connectivity index (χ3n) is 4.99. The summed E-state index contributed by atoms with van der Waals surface area (Å²) < 4.78 is 50.8. The van der Waals surface area contributed by atoms with Crippen LogP contribution in [0.25, 0.3) is 11.1 Å². The first-order chi connectivity index (χ1) is 17.6. The molecule has 37 heavy (non-hydrogen) atoms. The Morgan fingerprint density at radius 2 is 1.70 bits per heavy atom. The predicted molar refractivity (Wildman–Crippen MR) is 128 cm³/mol. The highest BCUT2D eigenvalue weighted by Gasteiger charge is 2.36. The van der Waals surface area contributed by atoms with E-state index in [0.717, 1.165) is 11.6 Å². The van der Waals surface area contributed by atoms with Gasteiger partial charge in [0.2, 0.25) is 5.91 Å². The normalized spacial score (nSPS) is 11.0. The van der Waals surface area contributed by atoms with Gasteiger partial charge in [-0.2, -0.15) is 13.2 Å². The average molecular weight is 517 g/mol. The number of carbonyl (C=O) groups excluding carboxylic acids is 2. The first kappa shape index (κ1) is 27.1. The molecule has 12 heteroatoms. The molecule has 0 bridgehead atoms. The molecule has 3 N–H and O–H groups in total. The maximum atomic E-state index is 13.7. The Balaban J connectivity index is 1.84. The van der Waals surface area contributed by atoms with Gasteiger partial charge in [-0.15, -0.1) is 0 Å². The lowest BCUT2D eigenvalue weighted by molar-refractivity contribution is -0.139.